The fraction of sp³-hybridized carbons (Fsp3) is 0.692. The van der Waals surface area contributed by atoms with E-state index in [-0.39, 0.29) is 18.0 Å². The Morgan fingerprint density at radius 1 is 1.41 bits per heavy atom. The van der Waals surface area contributed by atoms with Crippen molar-refractivity contribution in [3.8, 4) is 0 Å². The van der Waals surface area contributed by atoms with E-state index in [1.807, 2.05) is 26.8 Å². The third-order valence-electron chi connectivity index (χ3n) is 3.12. The van der Waals surface area contributed by atoms with Crippen LogP contribution in [0.1, 0.15) is 51.0 Å². The van der Waals surface area contributed by atoms with Crippen LogP contribution in [0.4, 0.5) is 0 Å². The van der Waals surface area contributed by atoms with Gasteiger partial charge in [0.2, 0.25) is 5.91 Å². The topological polar surface area (TPSA) is 46.9 Å². The number of nitrogens with zero attached hydrogens (tertiary/aromatic N) is 2. The van der Waals surface area contributed by atoms with Crippen LogP contribution in [0.25, 0.3) is 0 Å². The molecule has 0 spiro atoms. The van der Waals surface area contributed by atoms with Crippen LogP contribution in [0, 0.1) is 13.8 Å². The number of amides is 1. The highest BCUT2D eigenvalue weighted by Crippen LogP contribution is 2.11. The summed E-state index contributed by atoms with van der Waals surface area (Å²) in [4.78, 5) is 12.1. The van der Waals surface area contributed by atoms with Crippen LogP contribution in [-0.4, -0.2) is 21.7 Å². The standard InChI is InChI=1S/C13H23N3O/c1-6-12(7-2)14-13(17)11(5)16-10(4)8-9(3)15-16/h8,11-12H,6-7H2,1-5H3,(H,14,17). The Balaban J connectivity index is 2.73. The van der Waals surface area contributed by atoms with Crippen LogP contribution in [-0.2, 0) is 4.79 Å². The van der Waals surface area contributed by atoms with E-state index in [9.17, 15) is 4.79 Å². The molecule has 0 radical (unpaired) electrons. The maximum atomic E-state index is 12.1. The molecular weight excluding hydrogens is 214 g/mol. The molecule has 4 nitrogen and oxygen atoms in total. The number of rotatable bonds is 5. The van der Waals surface area contributed by atoms with Gasteiger partial charge in [0.15, 0.2) is 0 Å². The van der Waals surface area contributed by atoms with Gasteiger partial charge < -0.3 is 5.32 Å². The molecule has 17 heavy (non-hydrogen) atoms. The maximum absolute atomic E-state index is 12.1. The zero-order valence-corrected chi connectivity index (χ0v) is 11.4. The van der Waals surface area contributed by atoms with E-state index in [2.05, 4.69) is 24.3 Å². The maximum Gasteiger partial charge on any atom is 0.244 e. The summed E-state index contributed by atoms with van der Waals surface area (Å²) in [6.07, 6.45) is 1.93. The minimum absolute atomic E-state index is 0.0462. The quantitative estimate of drug-likeness (QED) is 0.854. The zero-order valence-electron chi connectivity index (χ0n) is 11.4. The van der Waals surface area contributed by atoms with Crippen molar-refractivity contribution in [2.45, 2.75) is 59.5 Å². The number of carbonyl (C=O) groups excluding carboxylic acids is 1. The molecule has 1 heterocycles. The molecule has 0 saturated heterocycles. The number of aryl methyl sites for hydroxylation is 2. The Kier molecular flexibility index (Phi) is 4.73. The summed E-state index contributed by atoms with van der Waals surface area (Å²) in [5.41, 5.74) is 1.97. The minimum atomic E-state index is -0.246. The van der Waals surface area contributed by atoms with Crippen molar-refractivity contribution in [3.05, 3.63) is 17.5 Å². The molecule has 0 bridgehead atoms. The first-order valence-corrected chi connectivity index (χ1v) is 6.32. The van der Waals surface area contributed by atoms with E-state index in [0.717, 1.165) is 24.2 Å². The van der Waals surface area contributed by atoms with Crippen LogP contribution in [0.15, 0.2) is 6.07 Å². The predicted molar refractivity (Wildman–Crippen MR) is 68.9 cm³/mol. The van der Waals surface area contributed by atoms with Crippen molar-refractivity contribution in [2.75, 3.05) is 0 Å². The van der Waals surface area contributed by atoms with Gasteiger partial charge in [0, 0.05) is 11.7 Å². The first-order valence-electron chi connectivity index (χ1n) is 6.32. The van der Waals surface area contributed by atoms with Crippen LogP contribution < -0.4 is 5.32 Å². The zero-order chi connectivity index (χ0) is 13.0. The molecule has 0 fully saturated rings. The molecule has 1 rings (SSSR count). The summed E-state index contributed by atoms with van der Waals surface area (Å²) in [6, 6.07) is 2.01. The number of hydrogen-bond acceptors (Lipinski definition) is 2. The van der Waals surface area contributed by atoms with E-state index in [1.54, 1.807) is 4.68 Å². The third kappa shape index (κ3) is 3.32. The fourth-order valence-electron chi connectivity index (χ4n) is 1.96. The monoisotopic (exact) mass is 237 g/mol. The minimum Gasteiger partial charge on any atom is -0.352 e. The van der Waals surface area contributed by atoms with Gasteiger partial charge in [0.05, 0.1) is 5.69 Å². The molecule has 0 aliphatic heterocycles. The highest BCUT2D eigenvalue weighted by atomic mass is 16.2. The Labute approximate surface area is 103 Å². The lowest BCUT2D eigenvalue weighted by molar-refractivity contribution is -0.124. The van der Waals surface area contributed by atoms with Gasteiger partial charge in [-0.05, 0) is 39.7 Å². The van der Waals surface area contributed by atoms with Gasteiger partial charge >= 0.3 is 0 Å². The number of nitrogens with one attached hydrogen (secondary N) is 1. The molecule has 1 aromatic heterocycles. The van der Waals surface area contributed by atoms with Crippen molar-refractivity contribution in [1.82, 2.24) is 15.1 Å². The molecule has 0 aliphatic carbocycles. The van der Waals surface area contributed by atoms with E-state index in [4.69, 9.17) is 0 Å². The summed E-state index contributed by atoms with van der Waals surface area (Å²) in [5, 5.41) is 7.40. The van der Waals surface area contributed by atoms with E-state index >= 15 is 0 Å². The largest absolute Gasteiger partial charge is 0.352 e. The molecule has 1 amide bonds. The second-order valence-electron chi connectivity index (χ2n) is 4.57. The van der Waals surface area contributed by atoms with Crippen molar-refractivity contribution >= 4 is 5.91 Å². The van der Waals surface area contributed by atoms with Gasteiger partial charge in [0.25, 0.3) is 0 Å². The lowest BCUT2D eigenvalue weighted by Gasteiger charge is -2.19. The number of aromatic nitrogens is 2. The Hall–Kier alpha value is -1.32. The molecule has 4 heteroatoms. The average molecular weight is 237 g/mol. The first-order chi connectivity index (χ1) is 7.99. The highest BCUT2D eigenvalue weighted by molar-refractivity contribution is 5.80. The lowest BCUT2D eigenvalue weighted by Crippen LogP contribution is -2.38. The first kappa shape index (κ1) is 13.7. The molecule has 0 aliphatic rings. The molecule has 1 aromatic rings. The van der Waals surface area contributed by atoms with Gasteiger partial charge in [0.1, 0.15) is 6.04 Å². The summed E-state index contributed by atoms with van der Waals surface area (Å²) >= 11 is 0. The van der Waals surface area contributed by atoms with Gasteiger partial charge in [-0.25, -0.2) is 0 Å². The normalized spacial score (nSPS) is 12.8. The summed E-state index contributed by atoms with van der Waals surface area (Å²) < 4.78 is 1.78. The van der Waals surface area contributed by atoms with Crippen molar-refractivity contribution < 1.29 is 4.79 Å². The molecular formula is C13H23N3O. The predicted octanol–water partition coefficient (Wildman–Crippen LogP) is 2.37. The number of hydrogen-bond donors (Lipinski definition) is 1. The molecule has 1 atom stereocenters. The molecule has 0 aromatic carbocycles. The number of carbonyl (C=O) groups is 1. The van der Waals surface area contributed by atoms with E-state index < -0.39 is 0 Å². The smallest absolute Gasteiger partial charge is 0.244 e. The lowest BCUT2D eigenvalue weighted by atomic mass is 10.1. The summed E-state index contributed by atoms with van der Waals surface area (Å²) in [5.74, 6) is 0.0462. The summed E-state index contributed by atoms with van der Waals surface area (Å²) in [6.45, 7) is 9.97. The average Bonchev–Trinajstić information content (AvgIpc) is 2.64. The Bertz CT molecular complexity index is 380. The molecule has 1 unspecified atom stereocenters. The fourth-order valence-corrected chi connectivity index (χ4v) is 1.96. The summed E-state index contributed by atoms with van der Waals surface area (Å²) in [7, 11) is 0. The van der Waals surface area contributed by atoms with Gasteiger partial charge in [-0.3, -0.25) is 9.48 Å². The molecule has 1 N–H and O–H groups in total. The molecule has 96 valence electrons. The SMILES string of the molecule is CCC(CC)NC(=O)C(C)n1nc(C)cc1C. The van der Waals surface area contributed by atoms with Crippen molar-refractivity contribution in [3.63, 3.8) is 0 Å². The van der Waals surface area contributed by atoms with Gasteiger partial charge in [-0.15, -0.1) is 0 Å². The van der Waals surface area contributed by atoms with Crippen LogP contribution in [0.5, 0.6) is 0 Å². The second-order valence-corrected chi connectivity index (χ2v) is 4.57. The second kappa shape index (κ2) is 5.84. The third-order valence-corrected chi connectivity index (χ3v) is 3.12. The van der Waals surface area contributed by atoms with Crippen LogP contribution >= 0.6 is 0 Å². The van der Waals surface area contributed by atoms with Gasteiger partial charge in [-0.1, -0.05) is 13.8 Å². The van der Waals surface area contributed by atoms with Crippen molar-refractivity contribution in [1.29, 1.82) is 0 Å². The van der Waals surface area contributed by atoms with Crippen LogP contribution in [0.2, 0.25) is 0 Å². The van der Waals surface area contributed by atoms with E-state index in [1.165, 1.54) is 0 Å². The Morgan fingerprint density at radius 2 is 2.00 bits per heavy atom. The Morgan fingerprint density at radius 3 is 2.41 bits per heavy atom. The molecule has 0 saturated carbocycles. The van der Waals surface area contributed by atoms with Gasteiger partial charge in [-0.2, -0.15) is 5.10 Å². The highest BCUT2D eigenvalue weighted by Gasteiger charge is 2.19. The van der Waals surface area contributed by atoms with E-state index in [0.29, 0.717) is 0 Å². The van der Waals surface area contributed by atoms with Crippen molar-refractivity contribution in [2.24, 2.45) is 0 Å². The van der Waals surface area contributed by atoms with Crippen LogP contribution in [0.3, 0.4) is 0 Å².